The van der Waals surface area contributed by atoms with Crippen molar-refractivity contribution in [3.05, 3.63) is 104 Å². The summed E-state index contributed by atoms with van der Waals surface area (Å²) in [4.78, 5) is 34.5. The molecule has 0 bridgehead atoms. The lowest BCUT2D eigenvalue weighted by molar-refractivity contribution is -0.385. The lowest BCUT2D eigenvalue weighted by Gasteiger charge is -2.10. The molecule has 0 aliphatic rings. The molecular formula is C28H25ClN4O8. The van der Waals surface area contributed by atoms with Crippen LogP contribution >= 0.6 is 11.6 Å². The maximum Gasteiger partial charge on any atom is 0.343 e. The smallest absolute Gasteiger partial charge is 0.343 e. The first-order valence-electron chi connectivity index (χ1n) is 12.1. The molecule has 4 rings (SSSR count). The lowest BCUT2D eigenvalue weighted by atomic mass is 10.2. The molecule has 13 heteroatoms. The van der Waals surface area contributed by atoms with Gasteiger partial charge in [-0.25, -0.2) is 10.2 Å². The summed E-state index contributed by atoms with van der Waals surface area (Å²) in [5, 5.41) is 15.1. The fourth-order valence-corrected chi connectivity index (χ4v) is 4.14. The van der Waals surface area contributed by atoms with Gasteiger partial charge in [0, 0.05) is 28.7 Å². The minimum atomic E-state index is -0.733. The van der Waals surface area contributed by atoms with Crippen LogP contribution in [0.15, 0.2) is 70.2 Å². The molecular weight excluding hydrogens is 556 g/mol. The Kier molecular flexibility index (Phi) is 9.05. The van der Waals surface area contributed by atoms with Crippen LogP contribution in [-0.4, -0.2) is 41.3 Å². The monoisotopic (exact) mass is 580 g/mol. The van der Waals surface area contributed by atoms with Gasteiger partial charge >= 0.3 is 17.6 Å². The van der Waals surface area contributed by atoms with Crippen molar-refractivity contribution in [2.45, 2.75) is 20.5 Å². The zero-order valence-electron chi connectivity index (χ0n) is 22.3. The molecule has 0 aliphatic carbocycles. The molecule has 1 amide bonds. The highest BCUT2D eigenvalue weighted by Crippen LogP contribution is 2.35. The first-order valence-corrected chi connectivity index (χ1v) is 12.5. The van der Waals surface area contributed by atoms with Crippen LogP contribution in [0.1, 0.15) is 33.3 Å². The van der Waals surface area contributed by atoms with E-state index < -0.39 is 29.1 Å². The van der Waals surface area contributed by atoms with Crippen molar-refractivity contribution in [2.75, 3.05) is 13.7 Å². The molecule has 0 fully saturated rings. The van der Waals surface area contributed by atoms with Crippen molar-refractivity contribution in [1.82, 2.24) is 9.99 Å². The molecule has 1 N–H and O–H groups in total. The molecule has 0 atom stereocenters. The van der Waals surface area contributed by atoms with Crippen LogP contribution in [0.3, 0.4) is 0 Å². The number of aromatic nitrogens is 1. The molecule has 0 saturated heterocycles. The summed E-state index contributed by atoms with van der Waals surface area (Å²) >= 11 is 6.10. The third-order valence-electron chi connectivity index (χ3n) is 5.82. The van der Waals surface area contributed by atoms with E-state index in [4.69, 9.17) is 25.5 Å². The number of carbonyl (C=O) groups is 2. The molecule has 41 heavy (non-hydrogen) atoms. The number of halogens is 1. The first-order chi connectivity index (χ1) is 19.7. The Morgan fingerprint density at radius 2 is 1.78 bits per heavy atom. The van der Waals surface area contributed by atoms with E-state index in [-0.39, 0.29) is 28.7 Å². The molecule has 0 aliphatic heterocycles. The van der Waals surface area contributed by atoms with Gasteiger partial charge in [-0.2, -0.15) is 5.10 Å². The van der Waals surface area contributed by atoms with Gasteiger partial charge in [0.1, 0.15) is 18.1 Å². The lowest BCUT2D eigenvalue weighted by Crippen LogP contribution is -2.17. The number of amides is 1. The summed E-state index contributed by atoms with van der Waals surface area (Å²) in [6.45, 7) is 3.62. The predicted octanol–water partition coefficient (Wildman–Crippen LogP) is 5.14. The number of nitrogens with one attached hydrogen (secondary N) is 1. The van der Waals surface area contributed by atoms with Crippen LogP contribution in [0, 0.1) is 24.0 Å². The van der Waals surface area contributed by atoms with Crippen molar-refractivity contribution in [1.29, 1.82) is 0 Å². The predicted molar refractivity (Wildman–Crippen MR) is 149 cm³/mol. The zero-order valence-corrected chi connectivity index (χ0v) is 23.0. The number of rotatable bonds is 11. The van der Waals surface area contributed by atoms with Crippen molar-refractivity contribution in [2.24, 2.45) is 5.10 Å². The fourth-order valence-electron chi connectivity index (χ4n) is 3.86. The summed E-state index contributed by atoms with van der Waals surface area (Å²) in [6.07, 6.45) is 1.16. The van der Waals surface area contributed by atoms with Crippen LogP contribution in [0.2, 0.25) is 5.02 Å². The van der Waals surface area contributed by atoms with Gasteiger partial charge in [-0.05, 0) is 68.4 Å². The second kappa shape index (κ2) is 12.8. The number of nitro benzene ring substituents is 1. The van der Waals surface area contributed by atoms with E-state index >= 15 is 0 Å². The normalized spacial score (nSPS) is 10.9. The topological polar surface area (TPSA) is 147 Å². The van der Waals surface area contributed by atoms with Crippen LogP contribution in [-0.2, 0) is 16.1 Å². The number of ether oxygens (including phenoxy) is 3. The maximum absolute atomic E-state index is 12.4. The third kappa shape index (κ3) is 7.11. The average molecular weight is 581 g/mol. The van der Waals surface area contributed by atoms with Gasteiger partial charge < -0.3 is 23.2 Å². The maximum atomic E-state index is 12.4. The number of aryl methyl sites for hydroxylation is 2. The minimum Gasteiger partial charge on any atom is -0.486 e. The number of esters is 1. The number of hydrazone groups is 1. The van der Waals surface area contributed by atoms with Crippen LogP contribution < -0.4 is 14.9 Å². The quantitative estimate of drug-likeness (QED) is 0.111. The number of nitrogens with zero attached hydrogens (tertiary/aromatic N) is 3. The summed E-state index contributed by atoms with van der Waals surface area (Å²) in [5.74, 6) is -0.625. The van der Waals surface area contributed by atoms with Gasteiger partial charge in [-0.15, -0.1) is 0 Å². The Labute approximate surface area is 239 Å². The molecule has 2 aromatic heterocycles. The summed E-state index contributed by atoms with van der Waals surface area (Å²) < 4.78 is 23.0. The van der Waals surface area contributed by atoms with E-state index in [2.05, 4.69) is 32.0 Å². The molecule has 0 unspecified atom stereocenters. The Morgan fingerprint density at radius 3 is 2.44 bits per heavy atom. The van der Waals surface area contributed by atoms with Gasteiger partial charge in [0.05, 0.1) is 23.3 Å². The Balaban J connectivity index is 1.33. The number of nitro groups is 1. The van der Waals surface area contributed by atoms with Crippen LogP contribution in [0.5, 0.6) is 11.5 Å². The van der Waals surface area contributed by atoms with Gasteiger partial charge in [-0.1, -0.05) is 11.6 Å². The molecule has 2 heterocycles. The standard InChI is InChI=1S/C28H25ClN4O8/c1-17-4-5-18(2)32(17)20-6-8-21(9-7-20)39-15-22-10-11-25(41-22)28(35)31-30-14-19-12-23(29)27(24(13-19)33(36)37)40-16-26(34)38-3/h4-14H,15-16H2,1-3H3,(H,31,35)/b30-14+. The Bertz CT molecular complexity index is 1590. The molecule has 212 valence electrons. The molecule has 2 aromatic carbocycles. The summed E-state index contributed by atoms with van der Waals surface area (Å²) in [5.41, 5.74) is 5.28. The third-order valence-corrected chi connectivity index (χ3v) is 6.10. The van der Waals surface area contributed by atoms with E-state index in [9.17, 15) is 19.7 Å². The van der Waals surface area contributed by atoms with E-state index in [1.807, 2.05) is 38.1 Å². The highest BCUT2D eigenvalue weighted by atomic mass is 35.5. The van der Waals surface area contributed by atoms with E-state index in [0.29, 0.717) is 11.5 Å². The SMILES string of the molecule is COC(=O)COc1c(Cl)cc(/C=N/NC(=O)c2ccc(COc3ccc(-n4c(C)ccc4C)cc3)o2)cc1[N+](=O)[O-]. The average Bonchev–Trinajstić information content (AvgIpc) is 3.57. The van der Waals surface area contributed by atoms with E-state index in [1.54, 1.807) is 6.07 Å². The van der Waals surface area contributed by atoms with Crippen molar-refractivity contribution >= 4 is 35.4 Å². The Morgan fingerprint density at radius 1 is 1.07 bits per heavy atom. The first kappa shape index (κ1) is 28.9. The molecule has 0 radical (unpaired) electrons. The van der Waals surface area contributed by atoms with Crippen LogP contribution in [0.25, 0.3) is 5.69 Å². The van der Waals surface area contributed by atoms with E-state index in [1.165, 1.54) is 12.1 Å². The second-order valence-electron chi connectivity index (χ2n) is 8.67. The second-order valence-corrected chi connectivity index (χ2v) is 9.08. The van der Waals surface area contributed by atoms with Crippen molar-refractivity contribution in [3.63, 3.8) is 0 Å². The zero-order chi connectivity index (χ0) is 29.5. The van der Waals surface area contributed by atoms with E-state index in [0.717, 1.165) is 36.5 Å². The molecule has 0 saturated carbocycles. The van der Waals surface area contributed by atoms with Gasteiger partial charge in [0.25, 0.3) is 0 Å². The summed E-state index contributed by atoms with van der Waals surface area (Å²) in [7, 11) is 1.15. The number of hydrogen-bond donors (Lipinski definition) is 1. The van der Waals surface area contributed by atoms with Crippen molar-refractivity contribution in [3.8, 4) is 17.2 Å². The molecule has 4 aromatic rings. The van der Waals surface area contributed by atoms with Gasteiger partial charge in [0.2, 0.25) is 5.75 Å². The van der Waals surface area contributed by atoms with Crippen molar-refractivity contribution < 1.29 is 33.1 Å². The molecule has 12 nitrogen and oxygen atoms in total. The largest absolute Gasteiger partial charge is 0.486 e. The number of hydrogen-bond acceptors (Lipinski definition) is 9. The summed E-state index contributed by atoms with van der Waals surface area (Å²) in [6, 6.07) is 17.3. The highest BCUT2D eigenvalue weighted by molar-refractivity contribution is 6.32. The van der Waals surface area contributed by atoms with Gasteiger partial charge in [0.15, 0.2) is 12.4 Å². The van der Waals surface area contributed by atoms with Crippen LogP contribution in [0.4, 0.5) is 5.69 Å². The number of furan rings is 1. The van der Waals surface area contributed by atoms with Gasteiger partial charge in [-0.3, -0.25) is 14.9 Å². The molecule has 0 spiro atoms. The number of carbonyl (C=O) groups excluding carboxylic acids is 2. The Hall–Kier alpha value is -5.10. The number of methoxy groups -OCH3 is 1. The highest BCUT2D eigenvalue weighted by Gasteiger charge is 2.21. The fraction of sp³-hybridized carbons (Fsp3) is 0.179. The minimum absolute atomic E-state index is 0.00905. The number of benzene rings is 2.